The molecule has 0 saturated carbocycles. The van der Waals surface area contributed by atoms with Gasteiger partial charge in [-0.05, 0) is 36.2 Å². The SMILES string of the molecule is CCC1(O)CC(=O)OCc2c1cc1n(c2=O)Cc2c-1nc1ccccc1c2C=Nc1ccccc1O. The number of carbonyl (C=O) groups excluding carboxylic acids is 1. The molecular formula is C28H23N3O5. The van der Waals surface area contributed by atoms with Crippen LogP contribution in [0.3, 0.4) is 0 Å². The first-order chi connectivity index (χ1) is 17.4. The number of fused-ring (bicyclic) bond motifs is 5. The third-order valence-electron chi connectivity index (χ3n) is 7.11. The Hall–Kier alpha value is -4.30. The van der Waals surface area contributed by atoms with Crippen molar-refractivity contribution in [2.45, 2.75) is 38.5 Å². The van der Waals surface area contributed by atoms with E-state index in [0.29, 0.717) is 22.6 Å². The number of hydrogen-bond donors (Lipinski definition) is 2. The summed E-state index contributed by atoms with van der Waals surface area (Å²) in [5.74, 6) is -0.465. The van der Waals surface area contributed by atoms with E-state index in [1.54, 1.807) is 48.0 Å². The quantitative estimate of drug-likeness (QED) is 0.298. The van der Waals surface area contributed by atoms with Crippen LogP contribution in [-0.2, 0) is 28.3 Å². The zero-order valence-corrected chi connectivity index (χ0v) is 19.6. The lowest BCUT2D eigenvalue weighted by Gasteiger charge is -2.26. The topological polar surface area (TPSA) is 114 Å². The molecule has 4 aromatic rings. The summed E-state index contributed by atoms with van der Waals surface area (Å²) in [4.78, 5) is 35.2. The van der Waals surface area contributed by atoms with E-state index in [9.17, 15) is 19.8 Å². The van der Waals surface area contributed by atoms with Crippen molar-refractivity contribution >= 4 is 28.8 Å². The minimum absolute atomic E-state index is 0.0698. The van der Waals surface area contributed by atoms with Crippen LogP contribution >= 0.6 is 0 Å². The predicted molar refractivity (Wildman–Crippen MR) is 135 cm³/mol. The molecule has 2 aliphatic rings. The molecule has 8 nitrogen and oxygen atoms in total. The molecule has 0 saturated heterocycles. The van der Waals surface area contributed by atoms with Crippen LogP contribution in [-0.4, -0.2) is 31.9 Å². The molecule has 1 unspecified atom stereocenters. The molecule has 0 spiro atoms. The second kappa shape index (κ2) is 8.13. The minimum atomic E-state index is -1.49. The Bertz CT molecular complexity index is 1660. The number of aromatic nitrogens is 2. The van der Waals surface area contributed by atoms with Crippen LogP contribution in [0.4, 0.5) is 5.69 Å². The third-order valence-corrected chi connectivity index (χ3v) is 7.11. The highest BCUT2D eigenvalue weighted by Crippen LogP contribution is 2.40. The summed E-state index contributed by atoms with van der Waals surface area (Å²) < 4.78 is 6.87. The molecule has 0 fully saturated rings. The van der Waals surface area contributed by atoms with Crippen molar-refractivity contribution in [3.05, 3.63) is 87.2 Å². The van der Waals surface area contributed by atoms with Crippen LogP contribution < -0.4 is 5.56 Å². The number of hydrogen-bond acceptors (Lipinski definition) is 7. The van der Waals surface area contributed by atoms with Gasteiger partial charge in [0.1, 0.15) is 23.6 Å². The largest absolute Gasteiger partial charge is 0.506 e. The average molecular weight is 482 g/mol. The van der Waals surface area contributed by atoms with Gasteiger partial charge in [-0.3, -0.25) is 14.6 Å². The fourth-order valence-electron chi connectivity index (χ4n) is 5.11. The van der Waals surface area contributed by atoms with Gasteiger partial charge >= 0.3 is 5.97 Å². The van der Waals surface area contributed by atoms with E-state index < -0.39 is 11.6 Å². The number of phenols is 1. The molecule has 1 atom stereocenters. The van der Waals surface area contributed by atoms with Crippen molar-refractivity contribution in [1.29, 1.82) is 0 Å². The number of esters is 1. The Morgan fingerprint density at radius 1 is 1.14 bits per heavy atom. The maximum atomic E-state index is 13.6. The second-order valence-electron chi connectivity index (χ2n) is 9.15. The number of aliphatic imine (C=N–C) groups is 1. The standard InChI is InChI=1S/C28H23N3O5/c1-2-28(35)12-25(33)36-15-19-20(28)11-23-26-18(14-31(23)27(19)34)17(16-7-3-4-8-21(16)30-26)13-29-22-9-5-6-10-24(22)32/h3-11,13,32,35H,2,12,14-15H2,1H3. The number of aromatic hydroxyl groups is 1. The van der Waals surface area contributed by atoms with Crippen LogP contribution in [0.1, 0.15) is 42.0 Å². The van der Waals surface area contributed by atoms with Crippen molar-refractivity contribution in [3.8, 4) is 17.1 Å². The molecule has 0 aliphatic carbocycles. The monoisotopic (exact) mass is 481 g/mol. The maximum absolute atomic E-state index is 13.6. The molecule has 2 aromatic heterocycles. The van der Waals surface area contributed by atoms with Crippen molar-refractivity contribution in [1.82, 2.24) is 9.55 Å². The number of pyridine rings is 2. The van der Waals surface area contributed by atoms with Gasteiger partial charge in [0.05, 0.1) is 35.4 Å². The first-order valence-electron chi connectivity index (χ1n) is 11.8. The average Bonchev–Trinajstić information content (AvgIpc) is 3.18. The lowest BCUT2D eigenvalue weighted by Crippen LogP contribution is -2.32. The van der Waals surface area contributed by atoms with Gasteiger partial charge in [0.2, 0.25) is 0 Å². The maximum Gasteiger partial charge on any atom is 0.309 e. The van der Waals surface area contributed by atoms with Crippen molar-refractivity contribution in [2.75, 3.05) is 0 Å². The lowest BCUT2D eigenvalue weighted by atomic mass is 9.85. The van der Waals surface area contributed by atoms with Crippen molar-refractivity contribution < 1.29 is 19.7 Å². The molecule has 180 valence electrons. The first kappa shape index (κ1) is 22.2. The van der Waals surface area contributed by atoms with Gasteiger partial charge in [-0.2, -0.15) is 0 Å². The highest BCUT2D eigenvalue weighted by Gasteiger charge is 2.39. The van der Waals surface area contributed by atoms with E-state index >= 15 is 0 Å². The molecule has 6 rings (SSSR count). The Morgan fingerprint density at radius 2 is 1.92 bits per heavy atom. The molecule has 0 amide bonds. The molecule has 36 heavy (non-hydrogen) atoms. The van der Waals surface area contributed by atoms with E-state index in [1.165, 1.54) is 0 Å². The predicted octanol–water partition coefficient (Wildman–Crippen LogP) is 3.93. The minimum Gasteiger partial charge on any atom is -0.506 e. The molecule has 2 aliphatic heterocycles. The molecule has 4 heterocycles. The molecule has 8 heteroatoms. The Kier molecular flexibility index (Phi) is 5.01. The molecule has 0 bridgehead atoms. The summed E-state index contributed by atoms with van der Waals surface area (Å²) in [7, 11) is 0. The fourth-order valence-corrected chi connectivity index (χ4v) is 5.11. The number of nitrogens with zero attached hydrogens (tertiary/aromatic N) is 3. The summed E-state index contributed by atoms with van der Waals surface area (Å²) >= 11 is 0. The molecule has 2 N–H and O–H groups in total. The number of carbonyl (C=O) groups is 1. The number of cyclic esters (lactones) is 1. The van der Waals surface area contributed by atoms with E-state index in [0.717, 1.165) is 22.0 Å². The molecular weight excluding hydrogens is 458 g/mol. The van der Waals surface area contributed by atoms with Gasteiger partial charge < -0.3 is 19.5 Å². The highest BCUT2D eigenvalue weighted by atomic mass is 16.5. The first-order valence-corrected chi connectivity index (χ1v) is 11.8. The van der Waals surface area contributed by atoms with E-state index in [4.69, 9.17) is 9.72 Å². The number of ether oxygens (including phenoxy) is 1. The highest BCUT2D eigenvalue weighted by molar-refractivity contribution is 6.03. The van der Waals surface area contributed by atoms with Crippen LogP contribution in [0.15, 0.2) is 64.4 Å². The van der Waals surface area contributed by atoms with E-state index in [2.05, 4.69) is 4.99 Å². The van der Waals surface area contributed by atoms with E-state index in [-0.39, 0.29) is 42.9 Å². The zero-order valence-electron chi connectivity index (χ0n) is 19.6. The van der Waals surface area contributed by atoms with Crippen molar-refractivity contribution in [3.63, 3.8) is 0 Å². The van der Waals surface area contributed by atoms with Crippen LogP contribution in [0.5, 0.6) is 5.75 Å². The zero-order chi connectivity index (χ0) is 25.0. The normalized spacial score (nSPS) is 18.6. The number of phenolic OH excluding ortho intramolecular Hbond substituents is 1. The molecule has 0 radical (unpaired) electrons. The summed E-state index contributed by atoms with van der Waals surface area (Å²) in [6.45, 7) is 1.86. The number of para-hydroxylation sites is 3. The van der Waals surface area contributed by atoms with Crippen molar-refractivity contribution in [2.24, 2.45) is 4.99 Å². The lowest BCUT2D eigenvalue weighted by molar-refractivity contribution is -0.149. The Balaban J connectivity index is 1.59. The van der Waals surface area contributed by atoms with Gasteiger partial charge in [-0.15, -0.1) is 0 Å². The van der Waals surface area contributed by atoms with E-state index in [1.807, 2.05) is 24.3 Å². The Labute approximate surface area is 206 Å². The van der Waals surface area contributed by atoms with Gasteiger partial charge in [-0.25, -0.2) is 4.98 Å². The smallest absolute Gasteiger partial charge is 0.309 e. The summed E-state index contributed by atoms with van der Waals surface area (Å²) in [6.07, 6.45) is 1.74. The van der Waals surface area contributed by atoms with Crippen LogP contribution in [0, 0.1) is 0 Å². The van der Waals surface area contributed by atoms with Gasteiger partial charge in [0.25, 0.3) is 5.56 Å². The fraction of sp³-hybridized carbons (Fsp3) is 0.214. The number of benzene rings is 2. The molecule has 2 aromatic carbocycles. The summed E-state index contributed by atoms with van der Waals surface area (Å²) in [5.41, 5.74) is 2.89. The third kappa shape index (κ3) is 3.33. The Morgan fingerprint density at radius 3 is 2.72 bits per heavy atom. The summed E-state index contributed by atoms with van der Waals surface area (Å²) in [5, 5.41) is 22.4. The number of rotatable bonds is 3. The van der Waals surface area contributed by atoms with Crippen LogP contribution in [0.25, 0.3) is 22.3 Å². The van der Waals surface area contributed by atoms with Crippen LogP contribution in [0.2, 0.25) is 0 Å². The summed E-state index contributed by atoms with van der Waals surface area (Å²) in [6, 6.07) is 16.3. The second-order valence-corrected chi connectivity index (χ2v) is 9.15. The van der Waals surface area contributed by atoms with Gasteiger partial charge in [0.15, 0.2) is 0 Å². The number of aliphatic hydroxyl groups is 1. The van der Waals surface area contributed by atoms with Gasteiger partial charge in [0, 0.05) is 22.7 Å². The van der Waals surface area contributed by atoms with Gasteiger partial charge in [-0.1, -0.05) is 37.3 Å².